The molecule has 0 saturated carbocycles. The molecule has 0 aliphatic heterocycles. The van der Waals surface area contributed by atoms with E-state index in [1.807, 2.05) is 60.7 Å². The van der Waals surface area contributed by atoms with Gasteiger partial charge in [-0.3, -0.25) is 9.69 Å². The lowest BCUT2D eigenvalue weighted by Crippen LogP contribution is -2.30. The van der Waals surface area contributed by atoms with E-state index in [4.69, 9.17) is 27.5 Å². The van der Waals surface area contributed by atoms with E-state index in [1.54, 1.807) is 29.3 Å². The molecule has 4 rings (SSSR count). The van der Waals surface area contributed by atoms with Crippen LogP contribution in [-0.4, -0.2) is 40.7 Å². The SMILES string of the molecule is COc1cc(/C=N/Nc2n[nH]c(=S)n2N)ccc1OCC(=O)N(c1ccccc1)c1ccccc1. The Morgan fingerprint density at radius 3 is 2.34 bits per heavy atom. The molecule has 0 radical (unpaired) electrons. The highest BCUT2D eigenvalue weighted by Gasteiger charge is 2.19. The number of nitrogens with two attached hydrogens (primary N) is 1. The number of rotatable bonds is 9. The van der Waals surface area contributed by atoms with E-state index >= 15 is 0 Å². The average Bonchev–Trinajstić information content (AvgIpc) is 3.21. The van der Waals surface area contributed by atoms with Crippen molar-refractivity contribution in [1.29, 1.82) is 0 Å². The fraction of sp³-hybridized carbons (Fsp3) is 0.0833. The number of hydrazone groups is 1. The van der Waals surface area contributed by atoms with Crippen molar-refractivity contribution in [1.82, 2.24) is 14.9 Å². The lowest BCUT2D eigenvalue weighted by Gasteiger charge is -2.23. The Balaban J connectivity index is 1.46. The van der Waals surface area contributed by atoms with E-state index in [0.717, 1.165) is 21.6 Å². The maximum Gasteiger partial charge on any atom is 0.269 e. The molecule has 4 N–H and O–H groups in total. The second-order valence-corrected chi connectivity index (χ2v) is 7.58. The zero-order chi connectivity index (χ0) is 24.6. The van der Waals surface area contributed by atoms with Crippen LogP contribution >= 0.6 is 12.2 Å². The minimum absolute atomic E-state index is 0.186. The number of carbonyl (C=O) groups excluding carboxylic acids is 1. The first kappa shape index (κ1) is 23.5. The number of hydrogen-bond acceptors (Lipinski definition) is 8. The Hall–Kier alpha value is -4.64. The normalized spacial score (nSPS) is 10.8. The highest BCUT2D eigenvalue weighted by molar-refractivity contribution is 7.71. The van der Waals surface area contributed by atoms with E-state index in [1.165, 1.54) is 7.11 Å². The number of ether oxygens (including phenoxy) is 2. The largest absolute Gasteiger partial charge is 0.493 e. The second-order valence-electron chi connectivity index (χ2n) is 7.19. The number of aromatic amines is 1. The Labute approximate surface area is 206 Å². The Morgan fingerprint density at radius 2 is 1.77 bits per heavy atom. The zero-order valence-corrected chi connectivity index (χ0v) is 19.6. The third kappa shape index (κ3) is 5.65. The molecule has 0 atom stereocenters. The van der Waals surface area contributed by atoms with Crippen LogP contribution in [0.2, 0.25) is 0 Å². The quantitative estimate of drug-likeness (QED) is 0.141. The number of benzene rings is 3. The van der Waals surface area contributed by atoms with Crippen LogP contribution in [0.4, 0.5) is 17.3 Å². The molecule has 0 bridgehead atoms. The van der Waals surface area contributed by atoms with Crippen LogP contribution in [0.25, 0.3) is 0 Å². The molecule has 3 aromatic carbocycles. The predicted molar refractivity (Wildman–Crippen MR) is 137 cm³/mol. The Kier molecular flexibility index (Phi) is 7.38. The van der Waals surface area contributed by atoms with E-state index in [9.17, 15) is 4.79 Å². The van der Waals surface area contributed by atoms with Gasteiger partial charge in [0, 0.05) is 11.4 Å². The molecule has 0 aliphatic carbocycles. The Morgan fingerprint density at radius 1 is 1.11 bits per heavy atom. The summed E-state index contributed by atoms with van der Waals surface area (Å²) in [5.74, 6) is 6.63. The van der Waals surface area contributed by atoms with E-state index in [0.29, 0.717) is 11.5 Å². The predicted octanol–water partition coefficient (Wildman–Crippen LogP) is 3.85. The molecule has 1 amide bonds. The molecule has 0 fully saturated rings. The van der Waals surface area contributed by atoms with E-state index in [2.05, 4.69) is 20.7 Å². The van der Waals surface area contributed by atoms with Crippen LogP contribution in [0, 0.1) is 4.77 Å². The molecule has 0 spiro atoms. The zero-order valence-electron chi connectivity index (χ0n) is 18.8. The van der Waals surface area contributed by atoms with Crippen LogP contribution in [0.5, 0.6) is 11.5 Å². The van der Waals surface area contributed by atoms with Gasteiger partial charge in [-0.15, -0.1) is 5.10 Å². The van der Waals surface area contributed by atoms with Crippen LogP contribution in [0.1, 0.15) is 5.56 Å². The molecule has 10 nitrogen and oxygen atoms in total. The summed E-state index contributed by atoms with van der Waals surface area (Å²) >= 11 is 4.95. The lowest BCUT2D eigenvalue weighted by molar-refractivity contribution is -0.119. The molecule has 11 heteroatoms. The van der Waals surface area contributed by atoms with E-state index < -0.39 is 0 Å². The van der Waals surface area contributed by atoms with Crippen LogP contribution < -0.4 is 25.6 Å². The summed E-state index contributed by atoms with van der Waals surface area (Å²) in [6, 6.07) is 24.0. The molecule has 0 saturated heterocycles. The van der Waals surface area contributed by atoms with Crippen molar-refractivity contribution < 1.29 is 14.3 Å². The van der Waals surface area contributed by atoms with Gasteiger partial charge in [-0.05, 0) is 60.2 Å². The summed E-state index contributed by atoms with van der Waals surface area (Å²) in [4.78, 5) is 14.8. The van der Waals surface area contributed by atoms with Gasteiger partial charge in [0.15, 0.2) is 18.1 Å². The van der Waals surface area contributed by atoms with Gasteiger partial charge < -0.3 is 15.3 Å². The van der Waals surface area contributed by atoms with Crippen molar-refractivity contribution in [3.05, 3.63) is 89.2 Å². The number of hydrogen-bond donors (Lipinski definition) is 3. The van der Waals surface area contributed by atoms with Crippen molar-refractivity contribution in [2.45, 2.75) is 0 Å². The summed E-state index contributed by atoms with van der Waals surface area (Å²) in [5.41, 5.74) is 4.91. The first-order valence-electron chi connectivity index (χ1n) is 10.5. The Bertz CT molecular complexity index is 1330. The van der Waals surface area contributed by atoms with Gasteiger partial charge in [0.1, 0.15) is 0 Å². The van der Waals surface area contributed by atoms with Gasteiger partial charge in [0.2, 0.25) is 4.77 Å². The summed E-state index contributed by atoms with van der Waals surface area (Å²) in [5, 5.41) is 10.6. The van der Waals surface area contributed by atoms with Crippen LogP contribution in [0.3, 0.4) is 0 Å². The third-order valence-electron chi connectivity index (χ3n) is 4.90. The van der Waals surface area contributed by atoms with Gasteiger partial charge in [-0.1, -0.05) is 36.4 Å². The molecule has 0 aliphatic rings. The number of nitrogens with zero attached hydrogens (tertiary/aromatic N) is 4. The van der Waals surface area contributed by atoms with Crippen molar-refractivity contribution >= 4 is 41.7 Å². The first-order chi connectivity index (χ1) is 17.1. The molecule has 1 heterocycles. The molecule has 4 aromatic rings. The summed E-state index contributed by atoms with van der Waals surface area (Å²) in [7, 11) is 1.52. The highest BCUT2D eigenvalue weighted by Crippen LogP contribution is 2.29. The number of nitrogen functional groups attached to an aromatic ring is 1. The number of carbonyl (C=O) groups is 1. The maximum atomic E-state index is 13.2. The van der Waals surface area contributed by atoms with Crippen molar-refractivity contribution in [3.63, 3.8) is 0 Å². The number of H-pyrrole nitrogens is 1. The number of nitrogens with one attached hydrogen (secondary N) is 2. The highest BCUT2D eigenvalue weighted by atomic mass is 32.1. The lowest BCUT2D eigenvalue weighted by atomic mass is 10.2. The minimum atomic E-state index is -0.227. The number of amides is 1. The summed E-state index contributed by atoms with van der Waals surface area (Å²) in [6.07, 6.45) is 1.56. The van der Waals surface area contributed by atoms with Crippen molar-refractivity contribution in [3.8, 4) is 11.5 Å². The second kappa shape index (κ2) is 11.0. The number of aromatic nitrogens is 3. The van der Waals surface area contributed by atoms with Crippen molar-refractivity contribution in [2.75, 3.05) is 29.9 Å². The monoisotopic (exact) mass is 489 g/mol. The van der Waals surface area contributed by atoms with Gasteiger partial charge >= 0.3 is 0 Å². The third-order valence-corrected chi connectivity index (χ3v) is 5.19. The molecule has 178 valence electrons. The molecular weight excluding hydrogens is 466 g/mol. The van der Waals surface area contributed by atoms with Gasteiger partial charge in [-0.2, -0.15) is 9.78 Å². The average molecular weight is 490 g/mol. The molecular formula is C24H23N7O3S. The smallest absolute Gasteiger partial charge is 0.269 e. The standard InChI is InChI=1S/C24H23N7O3S/c1-33-21-14-17(15-26-27-23-28-29-24(35)31(23)25)12-13-20(21)34-16-22(32)30(18-8-4-2-5-9-18)19-10-6-3-7-11-19/h2-15H,16,25H2,1H3,(H,27,28)(H,29,35)/b26-15+. The van der Waals surface area contributed by atoms with Gasteiger partial charge in [0.05, 0.1) is 13.3 Å². The summed E-state index contributed by atoms with van der Waals surface area (Å²) in [6.45, 7) is -0.186. The van der Waals surface area contributed by atoms with E-state index in [-0.39, 0.29) is 23.2 Å². The maximum absolute atomic E-state index is 13.2. The van der Waals surface area contributed by atoms with Crippen LogP contribution in [0.15, 0.2) is 84.0 Å². The van der Waals surface area contributed by atoms with Gasteiger partial charge in [-0.25, -0.2) is 10.5 Å². The molecule has 1 aromatic heterocycles. The number of anilines is 3. The first-order valence-corrected chi connectivity index (χ1v) is 10.9. The minimum Gasteiger partial charge on any atom is -0.493 e. The fourth-order valence-electron chi connectivity index (χ4n) is 3.23. The number of para-hydroxylation sites is 2. The topological polar surface area (TPSA) is 123 Å². The van der Waals surface area contributed by atoms with Gasteiger partial charge in [0.25, 0.3) is 11.9 Å². The van der Waals surface area contributed by atoms with Crippen molar-refractivity contribution in [2.24, 2.45) is 5.10 Å². The van der Waals surface area contributed by atoms with Crippen LogP contribution in [-0.2, 0) is 4.79 Å². The summed E-state index contributed by atoms with van der Waals surface area (Å²) < 4.78 is 12.7. The molecule has 0 unspecified atom stereocenters. The fourth-order valence-corrected chi connectivity index (χ4v) is 3.36. The molecule has 35 heavy (non-hydrogen) atoms. The number of methoxy groups -OCH3 is 1.